The average molecular weight is 242 g/mol. The summed E-state index contributed by atoms with van der Waals surface area (Å²) < 4.78 is 0. The van der Waals surface area contributed by atoms with Gasteiger partial charge >= 0.3 is 0 Å². The Morgan fingerprint density at radius 1 is 1.50 bits per heavy atom. The maximum absolute atomic E-state index is 12.2. The van der Waals surface area contributed by atoms with Crippen molar-refractivity contribution in [2.24, 2.45) is 11.1 Å². The highest BCUT2D eigenvalue weighted by molar-refractivity contribution is 7.80. The van der Waals surface area contributed by atoms with E-state index in [-0.39, 0.29) is 16.4 Å². The first-order valence-electron chi connectivity index (χ1n) is 5.96. The zero-order chi connectivity index (χ0) is 12.4. The van der Waals surface area contributed by atoms with E-state index in [4.69, 9.17) is 18.0 Å². The predicted molar refractivity (Wildman–Crippen MR) is 70.2 cm³/mol. The number of carbonyl (C=O) groups is 1. The number of hydrogen-bond acceptors (Lipinski definition) is 2. The minimum Gasteiger partial charge on any atom is -0.392 e. The monoisotopic (exact) mass is 242 g/mol. The summed E-state index contributed by atoms with van der Waals surface area (Å²) in [5.41, 5.74) is 4.91. The molecule has 0 bridgehead atoms. The zero-order valence-electron chi connectivity index (χ0n) is 10.4. The molecule has 92 valence electrons. The number of amides is 1. The molecule has 0 aromatic rings. The van der Waals surface area contributed by atoms with Crippen LogP contribution >= 0.6 is 12.2 Å². The highest BCUT2D eigenvalue weighted by Gasteiger charge is 2.39. The molecule has 0 heterocycles. The number of rotatable bonds is 4. The molecule has 1 rings (SSSR count). The fraction of sp³-hybridized carbons (Fsp3) is 0.833. The summed E-state index contributed by atoms with van der Waals surface area (Å²) >= 11 is 5.00. The van der Waals surface area contributed by atoms with E-state index in [2.05, 4.69) is 12.2 Å². The van der Waals surface area contributed by atoms with Gasteiger partial charge in [0.05, 0.1) is 10.4 Å². The number of hydrogen-bond donors (Lipinski definition) is 2. The molecule has 0 spiro atoms. The highest BCUT2D eigenvalue weighted by Crippen LogP contribution is 2.31. The van der Waals surface area contributed by atoms with Gasteiger partial charge < -0.3 is 11.1 Å². The Bertz CT molecular complexity index is 297. The van der Waals surface area contributed by atoms with Crippen LogP contribution in [0.4, 0.5) is 0 Å². The first-order chi connectivity index (χ1) is 7.34. The van der Waals surface area contributed by atoms with Crippen LogP contribution in [0.3, 0.4) is 0 Å². The van der Waals surface area contributed by atoms with Crippen LogP contribution in [-0.2, 0) is 4.79 Å². The summed E-state index contributed by atoms with van der Waals surface area (Å²) in [6, 6.07) is 0. The molecular formula is C12H22N2OS. The predicted octanol–water partition coefficient (Wildman–Crippen LogP) is 2.14. The van der Waals surface area contributed by atoms with Gasteiger partial charge in [0.1, 0.15) is 0 Å². The van der Waals surface area contributed by atoms with E-state index in [1.165, 1.54) is 12.8 Å². The van der Waals surface area contributed by atoms with Crippen LogP contribution < -0.4 is 11.1 Å². The van der Waals surface area contributed by atoms with Crippen molar-refractivity contribution >= 4 is 23.1 Å². The van der Waals surface area contributed by atoms with E-state index < -0.39 is 5.41 Å². The van der Waals surface area contributed by atoms with Crippen LogP contribution in [0.15, 0.2) is 0 Å². The molecule has 1 amide bonds. The molecule has 0 aromatic heterocycles. The first kappa shape index (κ1) is 13.4. The van der Waals surface area contributed by atoms with Crippen molar-refractivity contribution in [3.05, 3.63) is 0 Å². The molecular weight excluding hydrogens is 220 g/mol. The van der Waals surface area contributed by atoms with Crippen LogP contribution in [-0.4, -0.2) is 16.4 Å². The van der Waals surface area contributed by atoms with Gasteiger partial charge in [0.25, 0.3) is 0 Å². The fourth-order valence-electron chi connectivity index (χ4n) is 2.14. The van der Waals surface area contributed by atoms with Crippen LogP contribution in [0, 0.1) is 5.41 Å². The zero-order valence-corrected chi connectivity index (χ0v) is 11.2. The Kier molecular flexibility index (Phi) is 3.94. The number of thiocarbonyl (C=S) groups is 1. The molecule has 1 saturated carbocycles. The smallest absolute Gasteiger partial charge is 0.233 e. The molecule has 4 heteroatoms. The summed E-state index contributed by atoms with van der Waals surface area (Å²) in [7, 11) is 0. The van der Waals surface area contributed by atoms with Crippen molar-refractivity contribution in [1.29, 1.82) is 0 Å². The van der Waals surface area contributed by atoms with Gasteiger partial charge in [-0.3, -0.25) is 4.79 Å². The molecule has 0 aromatic carbocycles. The van der Waals surface area contributed by atoms with Crippen molar-refractivity contribution in [2.75, 3.05) is 0 Å². The molecule has 16 heavy (non-hydrogen) atoms. The molecule has 0 saturated heterocycles. The average Bonchev–Trinajstić information content (AvgIpc) is 2.63. The van der Waals surface area contributed by atoms with Crippen molar-refractivity contribution in [1.82, 2.24) is 5.32 Å². The van der Waals surface area contributed by atoms with E-state index in [0.29, 0.717) is 6.42 Å². The summed E-state index contributed by atoms with van der Waals surface area (Å²) in [5.74, 6) is -0.0214. The van der Waals surface area contributed by atoms with E-state index in [1.807, 2.05) is 13.8 Å². The molecule has 1 unspecified atom stereocenters. The van der Waals surface area contributed by atoms with E-state index in [1.54, 1.807) is 0 Å². The molecule has 1 aliphatic rings. The van der Waals surface area contributed by atoms with Crippen LogP contribution in [0.1, 0.15) is 52.9 Å². The van der Waals surface area contributed by atoms with Crippen LogP contribution in [0.2, 0.25) is 0 Å². The summed E-state index contributed by atoms with van der Waals surface area (Å²) in [5, 5.41) is 3.12. The molecule has 3 nitrogen and oxygen atoms in total. The SMILES string of the molecule is CCC(C)(C(=O)NC1(C)CCCC1)C(N)=S. The van der Waals surface area contributed by atoms with Crippen LogP contribution in [0.5, 0.6) is 0 Å². The number of carbonyl (C=O) groups excluding carboxylic acids is 1. The molecule has 0 radical (unpaired) electrons. The normalized spacial score (nSPS) is 22.4. The third-order valence-corrected chi connectivity index (χ3v) is 4.33. The largest absolute Gasteiger partial charge is 0.392 e. The van der Waals surface area contributed by atoms with Gasteiger partial charge in [0.2, 0.25) is 5.91 Å². The van der Waals surface area contributed by atoms with Gasteiger partial charge in [-0.05, 0) is 33.1 Å². The van der Waals surface area contributed by atoms with Crippen LogP contribution in [0.25, 0.3) is 0 Å². The van der Waals surface area contributed by atoms with Gasteiger partial charge in [0, 0.05) is 5.54 Å². The second-order valence-corrected chi connectivity index (χ2v) is 5.71. The van der Waals surface area contributed by atoms with Gasteiger partial charge in [-0.25, -0.2) is 0 Å². The lowest BCUT2D eigenvalue weighted by Gasteiger charge is -2.32. The first-order valence-corrected chi connectivity index (χ1v) is 6.37. The van der Waals surface area contributed by atoms with E-state index >= 15 is 0 Å². The number of nitrogens with one attached hydrogen (secondary N) is 1. The van der Waals surface area contributed by atoms with Crippen molar-refractivity contribution < 1.29 is 4.79 Å². The van der Waals surface area contributed by atoms with Crippen molar-refractivity contribution in [3.8, 4) is 0 Å². The lowest BCUT2D eigenvalue weighted by Crippen LogP contribution is -2.53. The second kappa shape index (κ2) is 4.70. The Morgan fingerprint density at radius 3 is 2.38 bits per heavy atom. The minimum atomic E-state index is -0.707. The third-order valence-electron chi connectivity index (χ3n) is 3.87. The fourth-order valence-corrected chi connectivity index (χ4v) is 2.38. The highest BCUT2D eigenvalue weighted by atomic mass is 32.1. The Balaban J connectivity index is 2.73. The summed E-state index contributed by atoms with van der Waals surface area (Å²) in [6.45, 7) is 5.87. The quantitative estimate of drug-likeness (QED) is 0.743. The Hall–Kier alpha value is -0.640. The molecule has 1 atom stereocenters. The molecule has 1 fully saturated rings. The van der Waals surface area contributed by atoms with E-state index in [9.17, 15) is 4.79 Å². The topological polar surface area (TPSA) is 55.1 Å². The summed E-state index contributed by atoms with van der Waals surface area (Å²) in [4.78, 5) is 12.5. The van der Waals surface area contributed by atoms with Gasteiger partial charge in [-0.2, -0.15) is 0 Å². The molecule has 0 aliphatic heterocycles. The van der Waals surface area contributed by atoms with Gasteiger partial charge in [-0.15, -0.1) is 0 Å². The van der Waals surface area contributed by atoms with Crippen molar-refractivity contribution in [3.63, 3.8) is 0 Å². The maximum atomic E-state index is 12.2. The number of nitrogens with two attached hydrogens (primary N) is 1. The maximum Gasteiger partial charge on any atom is 0.233 e. The lowest BCUT2D eigenvalue weighted by atomic mass is 9.85. The lowest BCUT2D eigenvalue weighted by molar-refractivity contribution is -0.128. The van der Waals surface area contributed by atoms with Gasteiger partial charge in [0.15, 0.2) is 0 Å². The second-order valence-electron chi connectivity index (χ2n) is 5.27. The Morgan fingerprint density at radius 2 is 2.00 bits per heavy atom. The van der Waals surface area contributed by atoms with Gasteiger partial charge in [-0.1, -0.05) is 32.0 Å². The standard InChI is InChI=1S/C12H22N2OS/c1-4-12(3,9(13)16)10(15)14-11(2)7-5-6-8-11/h4-8H2,1-3H3,(H2,13,16)(H,14,15). The van der Waals surface area contributed by atoms with E-state index in [0.717, 1.165) is 12.8 Å². The Labute approximate surface area is 103 Å². The molecule has 1 aliphatic carbocycles. The third kappa shape index (κ3) is 2.54. The molecule has 3 N–H and O–H groups in total. The summed E-state index contributed by atoms with van der Waals surface area (Å²) in [6.07, 6.45) is 5.12. The minimum absolute atomic E-state index is 0.0214. The van der Waals surface area contributed by atoms with Crippen molar-refractivity contribution in [2.45, 2.75) is 58.4 Å².